The molecule has 2 aromatic rings. The van der Waals surface area contributed by atoms with E-state index < -0.39 is 24.3 Å². The fourth-order valence-corrected chi connectivity index (χ4v) is 2.48. The van der Waals surface area contributed by atoms with Crippen LogP contribution in [0.3, 0.4) is 0 Å². The van der Waals surface area contributed by atoms with Crippen LogP contribution >= 0.6 is 0 Å². The van der Waals surface area contributed by atoms with E-state index in [4.69, 9.17) is 0 Å². The summed E-state index contributed by atoms with van der Waals surface area (Å²) in [5, 5.41) is 5.19. The summed E-state index contributed by atoms with van der Waals surface area (Å²) in [6.45, 7) is 0.958. The molecular formula is C17H14N4O4. The van der Waals surface area contributed by atoms with E-state index >= 15 is 0 Å². The molecule has 3 rings (SSSR count). The van der Waals surface area contributed by atoms with Gasteiger partial charge in [-0.05, 0) is 30.3 Å². The summed E-state index contributed by atoms with van der Waals surface area (Å²) in [6.07, 6.45) is 1.42. The predicted molar refractivity (Wildman–Crippen MR) is 89.0 cm³/mol. The van der Waals surface area contributed by atoms with Crippen molar-refractivity contribution in [3.05, 3.63) is 53.9 Å². The Morgan fingerprint density at radius 3 is 2.44 bits per heavy atom. The van der Waals surface area contributed by atoms with Crippen LogP contribution in [-0.2, 0) is 9.59 Å². The van der Waals surface area contributed by atoms with Crippen molar-refractivity contribution < 1.29 is 19.2 Å². The van der Waals surface area contributed by atoms with Gasteiger partial charge in [-0.1, -0.05) is 6.07 Å². The van der Waals surface area contributed by atoms with Gasteiger partial charge in [0.25, 0.3) is 11.8 Å². The molecule has 0 aliphatic carbocycles. The van der Waals surface area contributed by atoms with Crippen LogP contribution < -0.4 is 10.6 Å². The molecule has 8 heteroatoms. The van der Waals surface area contributed by atoms with Gasteiger partial charge in [-0.15, -0.1) is 0 Å². The van der Waals surface area contributed by atoms with Crippen LogP contribution in [0.4, 0.5) is 11.4 Å². The van der Waals surface area contributed by atoms with Gasteiger partial charge >= 0.3 is 0 Å². The maximum absolute atomic E-state index is 12.2. The van der Waals surface area contributed by atoms with Gasteiger partial charge in [-0.25, -0.2) is 0 Å². The van der Waals surface area contributed by atoms with Gasteiger partial charge in [0.2, 0.25) is 11.8 Å². The van der Waals surface area contributed by atoms with Crippen molar-refractivity contribution in [2.24, 2.45) is 0 Å². The number of pyridine rings is 1. The monoisotopic (exact) mass is 338 g/mol. The average molecular weight is 338 g/mol. The minimum absolute atomic E-state index is 0.0490. The maximum Gasteiger partial charge on any atom is 0.280 e. The van der Waals surface area contributed by atoms with E-state index in [9.17, 15) is 19.2 Å². The van der Waals surface area contributed by atoms with Crippen LogP contribution in [-0.4, -0.2) is 40.1 Å². The molecule has 0 bridgehead atoms. The molecule has 0 fully saturated rings. The molecule has 1 aliphatic rings. The van der Waals surface area contributed by atoms with Crippen molar-refractivity contribution in [1.82, 2.24) is 9.88 Å². The first-order valence-corrected chi connectivity index (χ1v) is 7.44. The molecule has 0 unspecified atom stereocenters. The van der Waals surface area contributed by atoms with Gasteiger partial charge in [0.05, 0.1) is 5.56 Å². The lowest BCUT2D eigenvalue weighted by Gasteiger charge is -2.13. The molecule has 0 saturated heterocycles. The number of imide groups is 1. The van der Waals surface area contributed by atoms with Crippen molar-refractivity contribution in [1.29, 1.82) is 0 Å². The van der Waals surface area contributed by atoms with Crippen LogP contribution in [0.15, 0.2) is 42.6 Å². The lowest BCUT2D eigenvalue weighted by atomic mass is 10.2. The van der Waals surface area contributed by atoms with Crippen molar-refractivity contribution in [3.8, 4) is 0 Å². The summed E-state index contributed by atoms with van der Waals surface area (Å²) in [5.74, 6) is -1.91. The largest absolute Gasteiger partial charge is 0.326 e. The zero-order valence-corrected chi connectivity index (χ0v) is 13.3. The molecule has 0 saturated carbocycles. The van der Waals surface area contributed by atoms with E-state index in [1.54, 1.807) is 30.3 Å². The molecular weight excluding hydrogens is 324 g/mol. The van der Waals surface area contributed by atoms with Gasteiger partial charge in [-0.3, -0.25) is 29.1 Å². The Hall–Kier alpha value is -3.55. The molecule has 0 radical (unpaired) electrons. The Bertz CT molecular complexity index is 859. The number of amides is 4. The van der Waals surface area contributed by atoms with Crippen LogP contribution in [0.2, 0.25) is 0 Å². The Morgan fingerprint density at radius 1 is 1.04 bits per heavy atom. The molecule has 1 aliphatic heterocycles. The first-order valence-electron chi connectivity index (χ1n) is 7.44. The van der Waals surface area contributed by atoms with E-state index in [1.807, 2.05) is 0 Å². The second-order valence-electron chi connectivity index (χ2n) is 5.41. The Morgan fingerprint density at radius 2 is 1.76 bits per heavy atom. The number of nitrogens with zero attached hydrogens (tertiary/aromatic N) is 2. The van der Waals surface area contributed by atoms with Gasteiger partial charge in [-0.2, -0.15) is 0 Å². The standard InChI is InChI=1S/C17H14N4O4/c1-10(22)19-11-4-2-5-12(8-11)20-14(23)9-21-16(24)13-6-3-7-18-15(13)17(21)25/h2-8H,9H2,1H3,(H,19,22)(H,20,23). The number of anilines is 2. The number of nitrogens with one attached hydrogen (secondary N) is 2. The quantitative estimate of drug-likeness (QED) is 0.816. The van der Waals surface area contributed by atoms with Gasteiger partial charge in [0, 0.05) is 24.5 Å². The molecule has 1 aromatic heterocycles. The summed E-state index contributed by atoms with van der Waals surface area (Å²) in [4.78, 5) is 52.4. The second kappa shape index (κ2) is 6.52. The summed E-state index contributed by atoms with van der Waals surface area (Å²) in [5.41, 5.74) is 1.20. The Balaban J connectivity index is 1.69. The van der Waals surface area contributed by atoms with Gasteiger partial charge < -0.3 is 10.6 Å². The van der Waals surface area contributed by atoms with Crippen molar-refractivity contribution in [2.75, 3.05) is 17.2 Å². The van der Waals surface area contributed by atoms with Crippen molar-refractivity contribution in [3.63, 3.8) is 0 Å². The van der Waals surface area contributed by atoms with E-state index in [-0.39, 0.29) is 17.2 Å². The normalized spacial score (nSPS) is 12.8. The van der Waals surface area contributed by atoms with Gasteiger partial charge in [0.15, 0.2) is 0 Å². The Labute approximate surface area is 142 Å². The zero-order valence-electron chi connectivity index (χ0n) is 13.3. The smallest absolute Gasteiger partial charge is 0.280 e. The van der Waals surface area contributed by atoms with Crippen molar-refractivity contribution >= 4 is 35.0 Å². The number of hydrogen-bond donors (Lipinski definition) is 2. The summed E-state index contributed by atoms with van der Waals surface area (Å²) >= 11 is 0. The summed E-state index contributed by atoms with van der Waals surface area (Å²) in [6, 6.07) is 9.59. The summed E-state index contributed by atoms with van der Waals surface area (Å²) < 4.78 is 0. The fourth-order valence-electron chi connectivity index (χ4n) is 2.48. The molecule has 4 amide bonds. The van der Waals surface area contributed by atoms with E-state index in [2.05, 4.69) is 15.6 Å². The number of rotatable bonds is 4. The SMILES string of the molecule is CC(=O)Nc1cccc(NC(=O)CN2C(=O)c3cccnc3C2=O)c1. The first kappa shape index (κ1) is 16.3. The molecule has 1 aromatic carbocycles. The third kappa shape index (κ3) is 3.37. The number of benzene rings is 1. The first-order chi connectivity index (χ1) is 12.0. The molecule has 2 N–H and O–H groups in total. The fraction of sp³-hybridized carbons (Fsp3) is 0.118. The van der Waals surface area contributed by atoms with E-state index in [0.717, 1.165) is 4.90 Å². The third-order valence-corrected chi connectivity index (χ3v) is 3.50. The highest BCUT2D eigenvalue weighted by molar-refractivity contribution is 6.21. The van der Waals surface area contributed by atoms with Crippen LogP contribution in [0.25, 0.3) is 0 Å². The van der Waals surface area contributed by atoms with Gasteiger partial charge in [0.1, 0.15) is 12.2 Å². The number of aromatic nitrogens is 1. The zero-order chi connectivity index (χ0) is 18.0. The van der Waals surface area contributed by atoms with Crippen molar-refractivity contribution in [2.45, 2.75) is 6.92 Å². The minimum Gasteiger partial charge on any atom is -0.326 e. The molecule has 0 atom stereocenters. The lowest BCUT2D eigenvalue weighted by Crippen LogP contribution is -2.37. The topological polar surface area (TPSA) is 108 Å². The number of hydrogen-bond acceptors (Lipinski definition) is 5. The third-order valence-electron chi connectivity index (χ3n) is 3.50. The number of carbonyl (C=O) groups excluding carboxylic acids is 4. The van der Waals surface area contributed by atoms with Crippen LogP contribution in [0.1, 0.15) is 27.8 Å². The lowest BCUT2D eigenvalue weighted by molar-refractivity contribution is -0.116. The molecule has 2 heterocycles. The second-order valence-corrected chi connectivity index (χ2v) is 5.41. The predicted octanol–water partition coefficient (Wildman–Crippen LogP) is 1.27. The van der Waals surface area contributed by atoms with E-state index in [0.29, 0.717) is 11.4 Å². The maximum atomic E-state index is 12.2. The highest BCUT2D eigenvalue weighted by atomic mass is 16.2. The highest BCUT2D eigenvalue weighted by Gasteiger charge is 2.37. The highest BCUT2D eigenvalue weighted by Crippen LogP contribution is 2.20. The molecule has 25 heavy (non-hydrogen) atoms. The average Bonchev–Trinajstić information content (AvgIpc) is 2.80. The molecule has 0 spiro atoms. The number of carbonyl (C=O) groups is 4. The molecule has 8 nitrogen and oxygen atoms in total. The summed E-state index contributed by atoms with van der Waals surface area (Å²) in [7, 11) is 0. The molecule has 126 valence electrons. The Kier molecular flexibility index (Phi) is 4.25. The number of fused-ring (bicyclic) bond motifs is 1. The minimum atomic E-state index is -0.595. The van der Waals surface area contributed by atoms with E-state index in [1.165, 1.54) is 19.2 Å². The van der Waals surface area contributed by atoms with Crippen LogP contribution in [0, 0.1) is 0 Å². The van der Waals surface area contributed by atoms with Crippen LogP contribution in [0.5, 0.6) is 0 Å².